The van der Waals surface area contributed by atoms with Gasteiger partial charge in [0.2, 0.25) is 0 Å². The molecule has 0 aromatic heterocycles. The third-order valence-electron chi connectivity index (χ3n) is 2.27. The third-order valence-corrected chi connectivity index (χ3v) is 2.27. The van der Waals surface area contributed by atoms with Crippen LogP contribution in [0.3, 0.4) is 0 Å². The van der Waals surface area contributed by atoms with Gasteiger partial charge in [-0.05, 0) is 5.56 Å². The second-order valence-electron chi connectivity index (χ2n) is 3.24. The fraction of sp³-hybridized carbons (Fsp3) is 0.154. The largest absolute Gasteiger partial charge is 0.487 e. The average Bonchev–Trinajstić information content (AvgIpc) is 2.28. The SMILES string of the molecule is C#CC/N=C1\C(=C)OCc2ccccc21. The smallest absolute Gasteiger partial charge is 0.138 e. The van der Waals surface area contributed by atoms with Crippen molar-refractivity contribution in [1.82, 2.24) is 0 Å². The average molecular weight is 197 g/mol. The molecule has 0 N–H and O–H groups in total. The van der Waals surface area contributed by atoms with Gasteiger partial charge < -0.3 is 4.74 Å². The molecule has 0 spiro atoms. The highest BCUT2D eigenvalue weighted by Gasteiger charge is 2.18. The van der Waals surface area contributed by atoms with E-state index < -0.39 is 0 Å². The van der Waals surface area contributed by atoms with Crippen LogP contribution in [0.25, 0.3) is 0 Å². The lowest BCUT2D eigenvalue weighted by molar-refractivity contribution is 0.213. The van der Waals surface area contributed by atoms with Gasteiger partial charge in [-0.1, -0.05) is 36.8 Å². The maximum atomic E-state index is 5.42. The van der Waals surface area contributed by atoms with Crippen LogP contribution in [0, 0.1) is 12.3 Å². The molecule has 2 rings (SSSR count). The van der Waals surface area contributed by atoms with Gasteiger partial charge in [0.1, 0.15) is 24.6 Å². The van der Waals surface area contributed by atoms with E-state index in [4.69, 9.17) is 11.2 Å². The Morgan fingerprint density at radius 3 is 3.07 bits per heavy atom. The standard InChI is InChI=1S/C13H11NO/c1-3-8-14-13-10(2)15-9-11-6-4-5-7-12(11)13/h1,4-7H,2,8-9H2/b14-13+. The van der Waals surface area contributed by atoms with E-state index in [1.54, 1.807) is 0 Å². The van der Waals surface area contributed by atoms with Crippen molar-refractivity contribution in [3.63, 3.8) is 0 Å². The summed E-state index contributed by atoms with van der Waals surface area (Å²) in [5.74, 6) is 3.08. The topological polar surface area (TPSA) is 21.6 Å². The molecule has 1 heterocycles. The Hall–Kier alpha value is -2.01. The maximum Gasteiger partial charge on any atom is 0.138 e. The number of benzene rings is 1. The van der Waals surface area contributed by atoms with Gasteiger partial charge in [0, 0.05) is 5.56 Å². The van der Waals surface area contributed by atoms with Crippen LogP contribution in [0.5, 0.6) is 0 Å². The van der Waals surface area contributed by atoms with Crippen molar-refractivity contribution in [2.75, 3.05) is 6.54 Å². The minimum atomic E-state index is 0.353. The third kappa shape index (κ3) is 1.77. The Morgan fingerprint density at radius 1 is 1.47 bits per heavy atom. The predicted molar refractivity (Wildman–Crippen MR) is 60.6 cm³/mol. The highest BCUT2D eigenvalue weighted by Crippen LogP contribution is 2.22. The minimum absolute atomic E-state index is 0.353. The lowest BCUT2D eigenvalue weighted by atomic mass is 10.0. The van der Waals surface area contributed by atoms with Crippen LogP contribution in [-0.2, 0) is 11.3 Å². The van der Waals surface area contributed by atoms with Gasteiger partial charge in [0.15, 0.2) is 0 Å². The maximum absolute atomic E-state index is 5.42. The quantitative estimate of drug-likeness (QED) is 0.632. The summed E-state index contributed by atoms with van der Waals surface area (Å²) in [7, 11) is 0. The van der Waals surface area contributed by atoms with Gasteiger partial charge in [0.05, 0.1) is 0 Å². The molecule has 0 amide bonds. The summed E-state index contributed by atoms with van der Waals surface area (Å²) in [6, 6.07) is 7.99. The molecule has 1 aliphatic heterocycles. The van der Waals surface area contributed by atoms with Crippen LogP contribution < -0.4 is 0 Å². The van der Waals surface area contributed by atoms with Crippen LogP contribution in [-0.4, -0.2) is 12.3 Å². The number of rotatable bonds is 1. The summed E-state index contributed by atoms with van der Waals surface area (Å²) in [6.07, 6.45) is 5.18. The molecule has 15 heavy (non-hydrogen) atoms. The Balaban J connectivity index is 2.47. The van der Waals surface area contributed by atoms with E-state index in [0.29, 0.717) is 18.9 Å². The summed E-state index contributed by atoms with van der Waals surface area (Å²) < 4.78 is 5.42. The molecular weight excluding hydrogens is 186 g/mol. The van der Waals surface area contributed by atoms with Crippen LogP contribution in [0.1, 0.15) is 11.1 Å². The van der Waals surface area contributed by atoms with E-state index in [2.05, 4.69) is 17.5 Å². The highest BCUT2D eigenvalue weighted by molar-refractivity contribution is 6.12. The first-order chi connectivity index (χ1) is 7.33. The first kappa shape index (κ1) is 9.54. The zero-order valence-electron chi connectivity index (χ0n) is 8.36. The molecule has 2 nitrogen and oxygen atoms in total. The molecule has 0 radical (unpaired) electrons. The fourth-order valence-corrected chi connectivity index (χ4v) is 1.56. The molecule has 1 aliphatic rings. The fourth-order valence-electron chi connectivity index (χ4n) is 1.56. The summed E-state index contributed by atoms with van der Waals surface area (Å²) in [5, 5.41) is 0. The Labute approximate surface area is 89.3 Å². The molecule has 0 saturated heterocycles. The highest BCUT2D eigenvalue weighted by atomic mass is 16.5. The summed E-state index contributed by atoms with van der Waals surface area (Å²) >= 11 is 0. The summed E-state index contributed by atoms with van der Waals surface area (Å²) in [6.45, 7) is 4.74. The molecule has 0 unspecified atom stereocenters. The number of terminal acetylenes is 1. The van der Waals surface area contributed by atoms with Crippen LogP contribution in [0.4, 0.5) is 0 Å². The lowest BCUT2D eigenvalue weighted by Crippen LogP contribution is -2.16. The van der Waals surface area contributed by atoms with Crippen molar-refractivity contribution in [2.24, 2.45) is 4.99 Å². The molecule has 74 valence electrons. The van der Waals surface area contributed by atoms with Crippen molar-refractivity contribution in [2.45, 2.75) is 6.61 Å². The molecule has 0 aliphatic carbocycles. The number of ether oxygens (including phenoxy) is 1. The molecule has 2 heteroatoms. The Morgan fingerprint density at radius 2 is 2.27 bits per heavy atom. The molecule has 0 atom stereocenters. The van der Waals surface area contributed by atoms with Gasteiger partial charge in [0.25, 0.3) is 0 Å². The van der Waals surface area contributed by atoms with Crippen LogP contribution in [0.2, 0.25) is 0 Å². The van der Waals surface area contributed by atoms with E-state index in [9.17, 15) is 0 Å². The first-order valence-corrected chi connectivity index (χ1v) is 4.71. The van der Waals surface area contributed by atoms with Crippen molar-refractivity contribution < 1.29 is 4.74 Å². The Bertz CT molecular complexity index is 466. The number of fused-ring (bicyclic) bond motifs is 1. The van der Waals surface area contributed by atoms with Crippen molar-refractivity contribution in [3.05, 3.63) is 47.7 Å². The van der Waals surface area contributed by atoms with E-state index in [-0.39, 0.29) is 0 Å². The first-order valence-electron chi connectivity index (χ1n) is 4.71. The summed E-state index contributed by atoms with van der Waals surface area (Å²) in [5.41, 5.74) is 2.97. The zero-order chi connectivity index (χ0) is 10.7. The number of hydrogen-bond acceptors (Lipinski definition) is 2. The molecule has 0 saturated carbocycles. The van der Waals surface area contributed by atoms with Gasteiger partial charge in [-0.25, -0.2) is 0 Å². The van der Waals surface area contributed by atoms with E-state index >= 15 is 0 Å². The second-order valence-corrected chi connectivity index (χ2v) is 3.24. The molecule has 0 fully saturated rings. The molecule has 0 bridgehead atoms. The van der Waals surface area contributed by atoms with Gasteiger partial charge in [-0.3, -0.25) is 4.99 Å². The number of allylic oxidation sites excluding steroid dienone is 1. The number of hydrogen-bond donors (Lipinski definition) is 0. The minimum Gasteiger partial charge on any atom is -0.487 e. The Kier molecular flexibility index (Phi) is 2.55. The van der Waals surface area contributed by atoms with Crippen molar-refractivity contribution in [1.29, 1.82) is 0 Å². The van der Waals surface area contributed by atoms with Crippen LogP contribution in [0.15, 0.2) is 41.6 Å². The zero-order valence-corrected chi connectivity index (χ0v) is 8.36. The van der Waals surface area contributed by atoms with E-state index in [0.717, 1.165) is 16.8 Å². The number of aliphatic imine (C=N–C) groups is 1. The normalized spacial score (nSPS) is 16.7. The van der Waals surface area contributed by atoms with E-state index in [1.165, 1.54) is 0 Å². The molecular formula is C13H11NO. The monoisotopic (exact) mass is 197 g/mol. The second kappa shape index (κ2) is 4.02. The van der Waals surface area contributed by atoms with E-state index in [1.807, 2.05) is 24.3 Å². The summed E-state index contributed by atoms with van der Waals surface area (Å²) in [4.78, 5) is 4.28. The van der Waals surface area contributed by atoms with Gasteiger partial charge in [-0.15, -0.1) is 6.42 Å². The van der Waals surface area contributed by atoms with Crippen molar-refractivity contribution in [3.8, 4) is 12.3 Å². The number of nitrogens with zero attached hydrogens (tertiary/aromatic N) is 1. The lowest BCUT2D eigenvalue weighted by Gasteiger charge is -2.20. The molecule has 1 aromatic rings. The van der Waals surface area contributed by atoms with Crippen LogP contribution >= 0.6 is 0 Å². The molecule has 1 aromatic carbocycles. The van der Waals surface area contributed by atoms with Gasteiger partial charge >= 0.3 is 0 Å². The van der Waals surface area contributed by atoms with Crippen molar-refractivity contribution >= 4 is 5.71 Å². The van der Waals surface area contributed by atoms with Gasteiger partial charge in [-0.2, -0.15) is 0 Å². The predicted octanol–water partition coefficient (Wildman–Crippen LogP) is 2.15.